The molecule has 23 heavy (non-hydrogen) atoms. The van der Waals surface area contributed by atoms with Gasteiger partial charge in [-0.2, -0.15) is 0 Å². The third-order valence-electron chi connectivity index (χ3n) is 3.97. The molecule has 0 saturated heterocycles. The topological polar surface area (TPSA) is 72.7 Å². The summed E-state index contributed by atoms with van der Waals surface area (Å²) in [5.41, 5.74) is 1.10. The monoisotopic (exact) mass is 351 g/mol. The lowest BCUT2D eigenvalue weighted by atomic mass is 9.95. The van der Waals surface area contributed by atoms with Crippen molar-refractivity contribution in [2.24, 2.45) is 0 Å². The fourth-order valence-corrected chi connectivity index (χ4v) is 5.01. The molecule has 0 radical (unpaired) electrons. The number of thiazole rings is 1. The first-order valence-electron chi connectivity index (χ1n) is 7.89. The van der Waals surface area contributed by atoms with E-state index in [0.29, 0.717) is 24.3 Å². The molecule has 2 aromatic heterocycles. The minimum atomic E-state index is 0.116. The summed E-state index contributed by atoms with van der Waals surface area (Å²) in [4.78, 5) is 16.5. The summed E-state index contributed by atoms with van der Waals surface area (Å²) >= 11 is 3.62. The van der Waals surface area contributed by atoms with Gasteiger partial charge in [-0.1, -0.05) is 11.8 Å². The number of rotatable bonds is 6. The molecule has 1 N–H and O–H groups in total. The van der Waals surface area contributed by atoms with Crippen molar-refractivity contribution < 1.29 is 4.79 Å². The average molecular weight is 352 g/mol. The van der Waals surface area contributed by atoms with Crippen LogP contribution in [0.3, 0.4) is 0 Å². The van der Waals surface area contributed by atoms with Crippen LogP contribution in [-0.2, 0) is 11.3 Å². The zero-order valence-electron chi connectivity index (χ0n) is 13.1. The van der Waals surface area contributed by atoms with Crippen molar-refractivity contribution in [3.05, 3.63) is 23.7 Å². The van der Waals surface area contributed by atoms with E-state index >= 15 is 0 Å². The van der Waals surface area contributed by atoms with Crippen LogP contribution >= 0.6 is 23.1 Å². The maximum absolute atomic E-state index is 12.0. The molecule has 8 heteroatoms. The molecule has 0 aromatic carbocycles. The minimum Gasteiger partial charge on any atom is -0.353 e. The van der Waals surface area contributed by atoms with Crippen LogP contribution in [0.5, 0.6) is 0 Å². The second-order valence-corrected chi connectivity index (χ2v) is 8.27. The number of amides is 1. The van der Waals surface area contributed by atoms with Gasteiger partial charge in [0.1, 0.15) is 17.0 Å². The largest absolute Gasteiger partial charge is 0.353 e. The summed E-state index contributed by atoms with van der Waals surface area (Å²) in [6.45, 7) is 2.67. The van der Waals surface area contributed by atoms with E-state index < -0.39 is 0 Å². The number of aryl methyl sites for hydroxylation is 2. The normalized spacial score (nSPS) is 21.3. The Hall–Kier alpha value is -1.41. The Bertz CT molecular complexity index is 620. The highest BCUT2D eigenvalue weighted by molar-refractivity contribution is 8.01. The van der Waals surface area contributed by atoms with E-state index in [2.05, 4.69) is 25.9 Å². The Balaban J connectivity index is 1.36. The first-order chi connectivity index (χ1) is 11.2. The molecule has 2 heterocycles. The highest BCUT2D eigenvalue weighted by Gasteiger charge is 2.23. The van der Waals surface area contributed by atoms with Gasteiger partial charge in [-0.15, -0.1) is 21.5 Å². The maximum Gasteiger partial charge on any atom is 0.222 e. The average Bonchev–Trinajstić information content (AvgIpc) is 3.19. The maximum atomic E-state index is 12.0. The van der Waals surface area contributed by atoms with Gasteiger partial charge in [-0.3, -0.25) is 4.79 Å². The minimum absolute atomic E-state index is 0.116. The van der Waals surface area contributed by atoms with Gasteiger partial charge in [-0.25, -0.2) is 4.98 Å². The van der Waals surface area contributed by atoms with E-state index in [1.807, 2.05) is 23.3 Å². The summed E-state index contributed by atoms with van der Waals surface area (Å²) in [6.07, 6.45) is 8.14. The molecule has 1 saturated carbocycles. The highest BCUT2D eigenvalue weighted by Crippen LogP contribution is 2.35. The predicted octanol–water partition coefficient (Wildman–Crippen LogP) is 2.65. The van der Waals surface area contributed by atoms with Gasteiger partial charge < -0.3 is 9.88 Å². The molecule has 124 valence electrons. The second-order valence-electron chi connectivity index (χ2n) is 5.86. The fourth-order valence-electron chi connectivity index (χ4n) is 2.72. The summed E-state index contributed by atoms with van der Waals surface area (Å²) in [6, 6.07) is 0.318. The molecule has 6 nitrogen and oxygen atoms in total. The number of carbonyl (C=O) groups excluding carboxylic acids is 1. The summed E-state index contributed by atoms with van der Waals surface area (Å²) in [7, 11) is 0. The van der Waals surface area contributed by atoms with Crippen LogP contribution in [-0.4, -0.2) is 36.9 Å². The lowest BCUT2D eigenvalue weighted by Crippen LogP contribution is -2.38. The molecular weight excluding hydrogens is 330 g/mol. The van der Waals surface area contributed by atoms with Crippen LogP contribution in [0.1, 0.15) is 37.8 Å². The van der Waals surface area contributed by atoms with Crippen LogP contribution in [0.4, 0.5) is 0 Å². The van der Waals surface area contributed by atoms with E-state index in [4.69, 9.17) is 0 Å². The zero-order valence-corrected chi connectivity index (χ0v) is 14.8. The van der Waals surface area contributed by atoms with Crippen LogP contribution < -0.4 is 5.32 Å². The fraction of sp³-hybridized carbons (Fsp3) is 0.600. The molecule has 1 amide bonds. The van der Waals surface area contributed by atoms with Crippen molar-refractivity contribution in [2.45, 2.75) is 61.2 Å². The molecule has 0 atom stereocenters. The highest BCUT2D eigenvalue weighted by atomic mass is 32.2. The number of nitrogens with one attached hydrogen (secondary N) is 1. The molecule has 3 rings (SSSR count). The molecule has 1 aliphatic carbocycles. The Kier molecular flexibility index (Phi) is 5.66. The lowest BCUT2D eigenvalue weighted by molar-refractivity contribution is -0.122. The van der Waals surface area contributed by atoms with E-state index in [9.17, 15) is 4.79 Å². The van der Waals surface area contributed by atoms with Crippen LogP contribution in [0, 0.1) is 6.92 Å². The Morgan fingerprint density at radius 1 is 1.35 bits per heavy atom. The number of aromatic nitrogens is 4. The van der Waals surface area contributed by atoms with Crippen molar-refractivity contribution in [2.75, 3.05) is 0 Å². The Morgan fingerprint density at radius 3 is 2.74 bits per heavy atom. The first kappa shape index (κ1) is 16.4. The van der Waals surface area contributed by atoms with Crippen molar-refractivity contribution >= 4 is 29.0 Å². The van der Waals surface area contributed by atoms with Gasteiger partial charge >= 0.3 is 0 Å². The van der Waals surface area contributed by atoms with E-state index in [-0.39, 0.29) is 5.91 Å². The molecule has 0 unspecified atom stereocenters. The van der Waals surface area contributed by atoms with Gasteiger partial charge in [0.05, 0.1) is 0 Å². The van der Waals surface area contributed by atoms with Crippen LogP contribution in [0.15, 0.2) is 22.4 Å². The number of carbonyl (C=O) groups is 1. The Labute approximate surface area is 144 Å². The smallest absolute Gasteiger partial charge is 0.222 e. The molecule has 2 aromatic rings. The van der Waals surface area contributed by atoms with E-state index in [0.717, 1.165) is 31.4 Å². The number of nitrogens with zero attached hydrogens (tertiary/aromatic N) is 4. The van der Waals surface area contributed by atoms with Crippen molar-refractivity contribution in [1.82, 2.24) is 25.1 Å². The molecule has 0 bridgehead atoms. The van der Waals surface area contributed by atoms with Crippen LogP contribution in [0.25, 0.3) is 0 Å². The number of hydrogen-bond donors (Lipinski definition) is 1. The molecular formula is C15H21N5OS2. The first-order valence-corrected chi connectivity index (χ1v) is 9.65. The second kappa shape index (κ2) is 7.92. The van der Waals surface area contributed by atoms with E-state index in [1.54, 1.807) is 24.0 Å². The van der Waals surface area contributed by atoms with Crippen molar-refractivity contribution in [1.29, 1.82) is 0 Å². The Morgan fingerprint density at radius 2 is 2.09 bits per heavy atom. The molecule has 1 aliphatic rings. The molecule has 1 fully saturated rings. The van der Waals surface area contributed by atoms with Gasteiger partial charge in [0.15, 0.2) is 0 Å². The van der Waals surface area contributed by atoms with Gasteiger partial charge in [-0.05, 0) is 32.6 Å². The summed E-state index contributed by atoms with van der Waals surface area (Å²) in [5, 5.41) is 13.4. The SMILES string of the molecule is Cc1csc(SC2CCC(NC(=O)CCn3cnnc3)CC2)n1. The third-order valence-corrected chi connectivity index (χ3v) is 6.40. The van der Waals surface area contributed by atoms with Gasteiger partial charge in [0.2, 0.25) is 5.91 Å². The molecule has 0 aliphatic heterocycles. The van der Waals surface area contributed by atoms with E-state index in [1.165, 1.54) is 4.34 Å². The molecule has 0 spiro atoms. The summed E-state index contributed by atoms with van der Waals surface area (Å²) < 4.78 is 2.99. The standard InChI is InChI=1S/C15H21N5OS2/c1-11-8-22-15(18-11)23-13-4-2-12(3-5-13)19-14(21)6-7-20-9-16-17-10-20/h8-10,12-13H,2-7H2,1H3,(H,19,21). The van der Waals surface area contributed by atoms with Gasteiger partial charge in [0, 0.05) is 35.3 Å². The van der Waals surface area contributed by atoms with Crippen molar-refractivity contribution in [3.8, 4) is 0 Å². The number of hydrogen-bond acceptors (Lipinski definition) is 6. The zero-order chi connectivity index (χ0) is 16.1. The number of thioether (sulfide) groups is 1. The predicted molar refractivity (Wildman–Crippen MR) is 91.5 cm³/mol. The van der Waals surface area contributed by atoms with Crippen LogP contribution in [0.2, 0.25) is 0 Å². The third kappa shape index (κ3) is 5.04. The summed E-state index contributed by atoms with van der Waals surface area (Å²) in [5.74, 6) is 0.116. The quantitative estimate of drug-likeness (QED) is 0.866. The lowest BCUT2D eigenvalue weighted by Gasteiger charge is -2.28. The van der Waals surface area contributed by atoms with Gasteiger partial charge in [0.25, 0.3) is 0 Å². The van der Waals surface area contributed by atoms with Crippen molar-refractivity contribution in [3.63, 3.8) is 0 Å².